The summed E-state index contributed by atoms with van der Waals surface area (Å²) in [4.78, 5) is 0. The number of phenols is 1. The molecule has 2 aromatic rings. The van der Waals surface area contributed by atoms with Crippen LogP contribution in [-0.4, -0.2) is 5.11 Å². The zero-order chi connectivity index (χ0) is 14.7. The Balaban J connectivity index is 2.07. The number of rotatable bonds is 4. The first-order valence-corrected chi connectivity index (χ1v) is 7.55. The monoisotopic (exact) mass is 333 g/mol. The van der Waals surface area contributed by atoms with Crippen LogP contribution in [0.25, 0.3) is 0 Å². The predicted molar refractivity (Wildman–Crippen MR) is 87.0 cm³/mol. The number of nitrogens with one attached hydrogen (secondary N) is 1. The van der Waals surface area contributed by atoms with Gasteiger partial charge in [0.15, 0.2) is 0 Å². The second-order valence-electron chi connectivity index (χ2n) is 5.20. The standard InChI is InChI=1S/C17H20BrNO/c1-11-8-14(9-12(2)17(11)20)10-19-13(3)15-6-4-5-7-16(15)18/h4-9,13,19-20H,10H2,1-3H3/t13-/m0/s1. The van der Waals surface area contributed by atoms with Crippen LogP contribution in [0.3, 0.4) is 0 Å². The van der Waals surface area contributed by atoms with E-state index < -0.39 is 0 Å². The van der Waals surface area contributed by atoms with Gasteiger partial charge in [-0.1, -0.05) is 46.3 Å². The SMILES string of the molecule is Cc1cc(CN[C@@H](C)c2ccccc2Br)cc(C)c1O. The Morgan fingerprint density at radius 1 is 1.15 bits per heavy atom. The quantitative estimate of drug-likeness (QED) is 0.855. The molecule has 0 unspecified atom stereocenters. The molecule has 0 heterocycles. The number of halogens is 1. The minimum atomic E-state index is 0.264. The number of aromatic hydroxyl groups is 1. The fraction of sp³-hybridized carbons (Fsp3) is 0.294. The van der Waals surface area contributed by atoms with Crippen molar-refractivity contribution in [2.24, 2.45) is 0 Å². The molecular weight excluding hydrogens is 314 g/mol. The number of aryl methyl sites for hydroxylation is 2. The van der Waals surface area contributed by atoms with Gasteiger partial charge in [-0.2, -0.15) is 0 Å². The third-order valence-corrected chi connectivity index (χ3v) is 4.26. The van der Waals surface area contributed by atoms with E-state index in [1.54, 1.807) is 0 Å². The van der Waals surface area contributed by atoms with E-state index in [4.69, 9.17) is 0 Å². The van der Waals surface area contributed by atoms with Crippen LogP contribution in [0.1, 0.15) is 35.2 Å². The lowest BCUT2D eigenvalue weighted by atomic mass is 10.0. The first kappa shape index (κ1) is 15.1. The topological polar surface area (TPSA) is 32.3 Å². The van der Waals surface area contributed by atoms with E-state index >= 15 is 0 Å². The molecule has 2 rings (SSSR count). The predicted octanol–water partition coefficient (Wildman–Crippen LogP) is 4.62. The third-order valence-electron chi connectivity index (χ3n) is 3.53. The van der Waals surface area contributed by atoms with Crippen LogP contribution in [0.4, 0.5) is 0 Å². The Morgan fingerprint density at radius 2 is 1.75 bits per heavy atom. The van der Waals surface area contributed by atoms with Gasteiger partial charge >= 0.3 is 0 Å². The smallest absolute Gasteiger partial charge is 0.121 e. The van der Waals surface area contributed by atoms with Gasteiger partial charge in [0.05, 0.1) is 0 Å². The lowest BCUT2D eigenvalue weighted by Gasteiger charge is -2.16. The average Bonchev–Trinajstić information content (AvgIpc) is 2.42. The van der Waals surface area contributed by atoms with Gasteiger partial charge in [0, 0.05) is 17.1 Å². The Labute approximate surface area is 129 Å². The lowest BCUT2D eigenvalue weighted by molar-refractivity contribution is 0.466. The highest BCUT2D eigenvalue weighted by Crippen LogP contribution is 2.25. The fourth-order valence-electron chi connectivity index (χ4n) is 2.35. The summed E-state index contributed by atoms with van der Waals surface area (Å²) in [5, 5.41) is 13.3. The van der Waals surface area contributed by atoms with Gasteiger partial charge < -0.3 is 10.4 Å². The van der Waals surface area contributed by atoms with Gasteiger partial charge in [-0.3, -0.25) is 0 Å². The second kappa shape index (κ2) is 6.42. The fourth-order valence-corrected chi connectivity index (χ4v) is 2.98. The Morgan fingerprint density at radius 3 is 2.35 bits per heavy atom. The summed E-state index contributed by atoms with van der Waals surface area (Å²) in [6.07, 6.45) is 0. The van der Waals surface area contributed by atoms with Crippen molar-refractivity contribution in [1.82, 2.24) is 5.32 Å². The molecular formula is C17H20BrNO. The molecule has 0 radical (unpaired) electrons. The van der Waals surface area contributed by atoms with Crippen molar-refractivity contribution < 1.29 is 5.11 Å². The third kappa shape index (κ3) is 3.41. The van der Waals surface area contributed by atoms with E-state index in [1.165, 1.54) is 11.1 Å². The van der Waals surface area contributed by atoms with E-state index in [0.29, 0.717) is 5.75 Å². The molecule has 0 saturated heterocycles. The van der Waals surface area contributed by atoms with Crippen LogP contribution in [0.15, 0.2) is 40.9 Å². The van der Waals surface area contributed by atoms with E-state index in [-0.39, 0.29) is 6.04 Å². The summed E-state index contributed by atoms with van der Waals surface area (Å²) in [6, 6.07) is 12.6. The van der Waals surface area contributed by atoms with Gasteiger partial charge in [0.1, 0.15) is 5.75 Å². The summed E-state index contributed by atoms with van der Waals surface area (Å²) in [7, 11) is 0. The largest absolute Gasteiger partial charge is 0.507 e. The first-order valence-electron chi connectivity index (χ1n) is 6.76. The zero-order valence-electron chi connectivity index (χ0n) is 12.1. The van der Waals surface area contributed by atoms with E-state index in [0.717, 1.165) is 22.1 Å². The molecule has 0 saturated carbocycles. The van der Waals surface area contributed by atoms with Crippen molar-refractivity contribution in [2.45, 2.75) is 33.4 Å². The molecule has 0 bridgehead atoms. The molecule has 0 aliphatic rings. The minimum absolute atomic E-state index is 0.264. The Kier molecular flexibility index (Phi) is 4.84. The number of hydrogen-bond acceptors (Lipinski definition) is 2. The van der Waals surface area contributed by atoms with Gasteiger partial charge in [0.25, 0.3) is 0 Å². The van der Waals surface area contributed by atoms with Gasteiger partial charge in [-0.15, -0.1) is 0 Å². The summed E-state index contributed by atoms with van der Waals surface area (Å²) >= 11 is 3.58. The summed E-state index contributed by atoms with van der Waals surface area (Å²) < 4.78 is 1.12. The van der Waals surface area contributed by atoms with Crippen LogP contribution < -0.4 is 5.32 Å². The van der Waals surface area contributed by atoms with Crippen molar-refractivity contribution in [3.8, 4) is 5.75 Å². The van der Waals surface area contributed by atoms with Crippen LogP contribution in [0.2, 0.25) is 0 Å². The van der Waals surface area contributed by atoms with Gasteiger partial charge in [-0.05, 0) is 49.1 Å². The highest BCUT2D eigenvalue weighted by molar-refractivity contribution is 9.10. The van der Waals surface area contributed by atoms with Crippen molar-refractivity contribution >= 4 is 15.9 Å². The van der Waals surface area contributed by atoms with E-state index in [9.17, 15) is 5.11 Å². The van der Waals surface area contributed by atoms with Crippen molar-refractivity contribution in [3.05, 3.63) is 63.1 Å². The van der Waals surface area contributed by atoms with Crippen molar-refractivity contribution in [2.75, 3.05) is 0 Å². The molecule has 20 heavy (non-hydrogen) atoms. The molecule has 0 aliphatic carbocycles. The maximum Gasteiger partial charge on any atom is 0.121 e. The normalized spacial score (nSPS) is 12.4. The summed E-state index contributed by atoms with van der Waals surface area (Å²) in [5.74, 6) is 0.396. The van der Waals surface area contributed by atoms with Gasteiger partial charge in [0.2, 0.25) is 0 Å². The zero-order valence-corrected chi connectivity index (χ0v) is 13.7. The molecule has 2 aromatic carbocycles. The average molecular weight is 334 g/mol. The van der Waals surface area contributed by atoms with Crippen LogP contribution in [0.5, 0.6) is 5.75 Å². The molecule has 2 N–H and O–H groups in total. The Bertz CT molecular complexity index is 587. The molecule has 1 atom stereocenters. The molecule has 106 valence electrons. The van der Waals surface area contributed by atoms with Crippen LogP contribution in [0, 0.1) is 13.8 Å². The second-order valence-corrected chi connectivity index (χ2v) is 6.06. The molecule has 0 aliphatic heterocycles. The lowest BCUT2D eigenvalue weighted by Crippen LogP contribution is -2.18. The molecule has 0 spiro atoms. The van der Waals surface area contributed by atoms with Gasteiger partial charge in [-0.25, -0.2) is 0 Å². The molecule has 3 heteroatoms. The Hall–Kier alpha value is -1.32. The summed E-state index contributed by atoms with van der Waals surface area (Å²) in [5.41, 5.74) is 4.29. The molecule has 0 fully saturated rings. The van der Waals surface area contributed by atoms with Crippen LogP contribution in [-0.2, 0) is 6.54 Å². The van der Waals surface area contributed by atoms with Crippen molar-refractivity contribution in [3.63, 3.8) is 0 Å². The van der Waals surface area contributed by atoms with E-state index in [2.05, 4.69) is 40.3 Å². The molecule has 0 amide bonds. The molecule has 2 nitrogen and oxygen atoms in total. The maximum atomic E-state index is 9.80. The highest BCUT2D eigenvalue weighted by atomic mass is 79.9. The number of hydrogen-bond donors (Lipinski definition) is 2. The van der Waals surface area contributed by atoms with Crippen LogP contribution >= 0.6 is 15.9 Å². The first-order chi connectivity index (χ1) is 9.49. The van der Waals surface area contributed by atoms with Crippen molar-refractivity contribution in [1.29, 1.82) is 0 Å². The molecule has 0 aromatic heterocycles. The maximum absolute atomic E-state index is 9.80. The summed E-state index contributed by atoms with van der Waals surface area (Å²) in [6.45, 7) is 6.80. The number of benzene rings is 2. The van der Waals surface area contributed by atoms with E-state index in [1.807, 2.05) is 38.1 Å². The highest BCUT2D eigenvalue weighted by Gasteiger charge is 2.09. The number of phenolic OH excluding ortho intramolecular Hbond substituents is 1. The minimum Gasteiger partial charge on any atom is -0.507 e.